The number of fused-ring (bicyclic) bond motifs is 2. The number of hydrogen-bond acceptors (Lipinski definition) is 10. The predicted octanol–water partition coefficient (Wildman–Crippen LogP) is 15.5. The summed E-state index contributed by atoms with van der Waals surface area (Å²) in [6, 6.07) is 35.6. The van der Waals surface area contributed by atoms with E-state index in [1.807, 2.05) is 122 Å². The summed E-state index contributed by atoms with van der Waals surface area (Å²) < 4.78 is 138. The molecule has 0 amide bonds. The molecule has 0 radical (unpaired) electrons. The van der Waals surface area contributed by atoms with Crippen LogP contribution in [0, 0.1) is 17.8 Å². The summed E-state index contributed by atoms with van der Waals surface area (Å²) in [6.45, 7) is 25.6. The van der Waals surface area contributed by atoms with Crippen LogP contribution >= 0.6 is 0 Å². The quantitative estimate of drug-likeness (QED) is 0.0264. The van der Waals surface area contributed by atoms with Crippen LogP contribution in [0.3, 0.4) is 0 Å². The van der Waals surface area contributed by atoms with Gasteiger partial charge in [0.05, 0.1) is 57.8 Å². The first kappa shape index (κ1) is 74.4. The lowest BCUT2D eigenvalue weighted by molar-refractivity contribution is -0.0582. The number of aryl methyl sites for hydroxylation is 1. The van der Waals surface area contributed by atoms with Crippen LogP contribution in [0.25, 0.3) is 0 Å². The van der Waals surface area contributed by atoms with E-state index < -0.39 is 35.9 Å². The first-order valence-electron chi connectivity index (χ1n) is 33.5. The maximum absolute atomic E-state index is 14.2. The number of nitrogens with one attached hydrogen (secondary N) is 1. The van der Waals surface area contributed by atoms with Crippen molar-refractivity contribution in [2.75, 3.05) is 118 Å². The molecule has 3 saturated heterocycles. The zero-order chi connectivity index (χ0) is 68.7. The molecule has 5 aliphatic rings. The van der Waals surface area contributed by atoms with Gasteiger partial charge < -0.3 is 24.6 Å². The van der Waals surface area contributed by atoms with Gasteiger partial charge in [-0.05, 0) is 133 Å². The van der Waals surface area contributed by atoms with Gasteiger partial charge in [-0.25, -0.2) is 26.3 Å². The average molecular weight is 1330 g/mol. The number of likely N-dealkylation sites (tertiary alicyclic amines) is 3. The van der Waals surface area contributed by atoms with Gasteiger partial charge >= 0.3 is 0 Å². The Morgan fingerprint density at radius 3 is 1.66 bits per heavy atom. The molecule has 5 aromatic rings. The average Bonchev–Trinajstić information content (AvgIpc) is 0.758. The number of nitrogens with zero attached hydrogens (tertiary/aromatic N) is 5. The number of alkyl halides is 9. The second-order valence-electron chi connectivity index (χ2n) is 27.6. The standard InChI is InChI=1S/C26H33F3N2O2.C25H31F3N2O.C25H35F3N2O/c1-25(2)13-20-12-21(32)6-9-23(20)24(31(25)17-26(3,28)29)19-4-7-22(8-5-19)33-11-10-30-15-18(14-27)16-30;1-18-13-21-5-3-4-6-23(21)24(30(18)17-25(2,27)28)20-7-9-22(10-8-20)31-12-11-29-15-19(14-26)16-29;1-5-8-22-9-6-7-10-23(22)24(29-18-25(4,27)28)19(2)11-12-20(3)31-14-13-30-16-21(15-26)17-30/h4-9,12,18,24,32H,10-11,13-17H2,1-3H3;3-10,18-19,24H,11-17H2,1-2H3;6-7,9-12,21,24,29H,2-3,5,8,13-18H2,1,4H3/b;;12-11-/t24-;18-,24-;24-/m010/s1. The van der Waals surface area contributed by atoms with Crippen LogP contribution in [-0.4, -0.2) is 177 Å². The Labute approximate surface area is 557 Å². The van der Waals surface area contributed by atoms with Gasteiger partial charge in [0.15, 0.2) is 0 Å². The van der Waals surface area contributed by atoms with Crippen molar-refractivity contribution in [3.05, 3.63) is 196 Å². The molecule has 10 rings (SSSR count). The van der Waals surface area contributed by atoms with E-state index in [1.165, 1.54) is 5.56 Å². The van der Waals surface area contributed by atoms with Gasteiger partial charge in [0, 0.05) is 109 Å². The van der Waals surface area contributed by atoms with Crippen molar-refractivity contribution in [1.82, 2.24) is 29.8 Å². The smallest absolute Gasteiger partial charge is 0.257 e. The van der Waals surface area contributed by atoms with Gasteiger partial charge in [-0.15, -0.1) is 0 Å². The van der Waals surface area contributed by atoms with E-state index in [4.69, 9.17) is 14.2 Å². The molecule has 0 aromatic heterocycles. The van der Waals surface area contributed by atoms with E-state index in [0.717, 1.165) is 149 Å². The van der Waals surface area contributed by atoms with Crippen molar-refractivity contribution in [3.63, 3.8) is 0 Å². The maximum atomic E-state index is 14.2. The number of ether oxygens (including phenoxy) is 3. The van der Waals surface area contributed by atoms with E-state index >= 15 is 0 Å². The van der Waals surface area contributed by atoms with Gasteiger partial charge in [-0.1, -0.05) is 111 Å². The van der Waals surface area contributed by atoms with Crippen molar-refractivity contribution >= 4 is 0 Å². The SMILES string of the molecule is C=C(/C=C\C(=C)[C@H](NCC(C)(F)F)c1ccccc1CCC)OCCN1CC(CF)C1.CC(F)(F)CN1[C@@H](c2ccc(OCCN3CC(CF)C3)cc2)c2ccc(O)cc2CC1(C)C.C[C@@H]1Cc2ccccc2[C@@H](c2ccc(OCCN3CC(CF)C3)cc2)N1CC(C)(F)F. The summed E-state index contributed by atoms with van der Waals surface area (Å²) in [7, 11) is 0. The first-order chi connectivity index (χ1) is 45.1. The molecule has 95 heavy (non-hydrogen) atoms. The fourth-order valence-corrected chi connectivity index (χ4v) is 13.5. The largest absolute Gasteiger partial charge is 0.508 e. The van der Waals surface area contributed by atoms with Gasteiger partial charge in [-0.3, -0.25) is 37.7 Å². The Morgan fingerprint density at radius 2 is 1.14 bits per heavy atom. The van der Waals surface area contributed by atoms with E-state index in [1.54, 1.807) is 24.3 Å². The van der Waals surface area contributed by atoms with Gasteiger partial charge in [0.25, 0.3) is 17.8 Å². The molecule has 10 nitrogen and oxygen atoms in total. The molecule has 0 bridgehead atoms. The Hall–Kier alpha value is -6.35. The number of phenols is 1. The summed E-state index contributed by atoms with van der Waals surface area (Å²) in [5.74, 6) is -5.80. The third kappa shape index (κ3) is 21.8. The van der Waals surface area contributed by atoms with Crippen LogP contribution in [0.2, 0.25) is 0 Å². The van der Waals surface area contributed by atoms with Crippen LogP contribution in [-0.2, 0) is 24.0 Å². The van der Waals surface area contributed by atoms with Crippen LogP contribution < -0.4 is 14.8 Å². The minimum Gasteiger partial charge on any atom is -0.508 e. The molecule has 0 unspecified atom stereocenters. The highest BCUT2D eigenvalue weighted by Gasteiger charge is 2.44. The van der Waals surface area contributed by atoms with Crippen LogP contribution in [0.15, 0.2) is 152 Å². The number of hydrogen-bond donors (Lipinski definition) is 2. The minimum absolute atomic E-state index is 0.0197. The normalized spacial score (nSPS) is 20.2. The van der Waals surface area contributed by atoms with E-state index in [2.05, 4.69) is 52.2 Å². The highest BCUT2D eigenvalue weighted by Crippen LogP contribution is 2.45. The molecule has 5 aromatic carbocycles. The summed E-state index contributed by atoms with van der Waals surface area (Å²) >= 11 is 0. The van der Waals surface area contributed by atoms with E-state index in [-0.39, 0.29) is 74.7 Å². The molecular weight excluding hydrogens is 1230 g/mol. The topological polar surface area (TPSA) is 76.1 Å². The highest BCUT2D eigenvalue weighted by atomic mass is 19.3. The van der Waals surface area contributed by atoms with Gasteiger partial charge in [0.2, 0.25) is 0 Å². The highest BCUT2D eigenvalue weighted by molar-refractivity contribution is 5.47. The summed E-state index contributed by atoms with van der Waals surface area (Å²) in [6.07, 6.45) is 6.64. The van der Waals surface area contributed by atoms with Crippen LogP contribution in [0.4, 0.5) is 39.5 Å². The number of halogens is 9. The maximum Gasteiger partial charge on any atom is 0.257 e. The molecule has 520 valence electrons. The number of benzene rings is 5. The fraction of sp³-hybridized carbons (Fsp3) is 0.526. The van der Waals surface area contributed by atoms with Crippen molar-refractivity contribution in [3.8, 4) is 17.2 Å². The van der Waals surface area contributed by atoms with Crippen molar-refractivity contribution < 1.29 is 58.8 Å². The fourth-order valence-electron chi connectivity index (χ4n) is 13.5. The lowest BCUT2D eigenvalue weighted by Crippen LogP contribution is -2.54. The first-order valence-corrected chi connectivity index (χ1v) is 33.5. The minimum atomic E-state index is -2.84. The Kier molecular flexibility index (Phi) is 26.4. The Balaban J connectivity index is 0.000000183. The van der Waals surface area contributed by atoms with Gasteiger partial charge in [0.1, 0.15) is 42.8 Å². The second kappa shape index (κ2) is 33.7. The lowest BCUT2D eigenvalue weighted by atomic mass is 9.78. The second-order valence-corrected chi connectivity index (χ2v) is 27.6. The molecule has 3 fully saturated rings. The number of aromatic hydroxyl groups is 1. The third-order valence-corrected chi connectivity index (χ3v) is 18.4. The molecule has 0 aliphatic carbocycles. The Morgan fingerprint density at radius 1 is 0.632 bits per heavy atom. The zero-order valence-corrected chi connectivity index (χ0v) is 56.4. The Bertz CT molecular complexity index is 3240. The summed E-state index contributed by atoms with van der Waals surface area (Å²) in [5, 5.41) is 13.0. The summed E-state index contributed by atoms with van der Waals surface area (Å²) in [5.41, 5.74) is 8.33. The van der Waals surface area contributed by atoms with Crippen LogP contribution in [0.1, 0.15) is 118 Å². The van der Waals surface area contributed by atoms with E-state index in [0.29, 0.717) is 37.6 Å². The predicted molar refractivity (Wildman–Crippen MR) is 361 cm³/mol. The third-order valence-electron chi connectivity index (χ3n) is 18.4. The molecule has 4 atom stereocenters. The van der Waals surface area contributed by atoms with Gasteiger partial charge in [-0.2, -0.15) is 0 Å². The van der Waals surface area contributed by atoms with E-state index in [9.17, 15) is 44.6 Å². The van der Waals surface area contributed by atoms with Crippen molar-refractivity contribution in [2.24, 2.45) is 17.8 Å². The van der Waals surface area contributed by atoms with Crippen LogP contribution in [0.5, 0.6) is 17.2 Å². The molecule has 5 aliphatic heterocycles. The zero-order valence-electron chi connectivity index (χ0n) is 56.4. The molecule has 19 heteroatoms. The molecule has 5 heterocycles. The number of allylic oxidation sites excluding steroid dienone is 1. The summed E-state index contributed by atoms with van der Waals surface area (Å²) in [4.78, 5) is 10.3. The number of rotatable bonds is 30. The molecule has 2 N–H and O–H groups in total. The monoisotopic (exact) mass is 1330 g/mol. The molecule has 0 spiro atoms. The molecular formula is C76H99F9N6O4. The number of phenolic OH excluding ortho intramolecular Hbond substituents is 1. The van der Waals surface area contributed by atoms with Crippen molar-refractivity contribution in [1.29, 1.82) is 0 Å². The lowest BCUT2D eigenvalue weighted by Gasteiger charge is -2.49. The molecule has 0 saturated carbocycles. The van der Waals surface area contributed by atoms with Crippen molar-refractivity contribution in [2.45, 2.75) is 122 Å².